The predicted molar refractivity (Wildman–Crippen MR) is 142 cm³/mol. The van der Waals surface area contributed by atoms with Gasteiger partial charge in [0.25, 0.3) is 0 Å². The van der Waals surface area contributed by atoms with Gasteiger partial charge < -0.3 is 15.5 Å². The second kappa shape index (κ2) is 9.79. The van der Waals surface area contributed by atoms with Crippen molar-refractivity contribution < 1.29 is 9.59 Å². The van der Waals surface area contributed by atoms with Crippen molar-refractivity contribution in [3.8, 4) is 0 Å². The number of hydrogen-bond acceptors (Lipinski definition) is 5. The molecule has 0 spiro atoms. The van der Waals surface area contributed by atoms with E-state index in [1.807, 2.05) is 48.5 Å². The van der Waals surface area contributed by atoms with Gasteiger partial charge in [0.05, 0.1) is 17.4 Å². The lowest BCUT2D eigenvalue weighted by Gasteiger charge is -2.26. The summed E-state index contributed by atoms with van der Waals surface area (Å²) in [5.41, 5.74) is 6.99. The molecule has 1 unspecified atom stereocenters. The minimum absolute atomic E-state index is 0.0167. The highest BCUT2D eigenvalue weighted by atomic mass is 16.1. The molecule has 2 aliphatic rings. The van der Waals surface area contributed by atoms with Crippen LogP contribution in [0.25, 0.3) is 0 Å². The molecule has 5 heteroatoms. The third-order valence-electron chi connectivity index (χ3n) is 7.00. The molecule has 178 valence electrons. The first kappa shape index (κ1) is 22.9. The summed E-state index contributed by atoms with van der Waals surface area (Å²) in [6, 6.07) is 23.3. The van der Waals surface area contributed by atoms with E-state index in [-0.39, 0.29) is 17.6 Å². The van der Waals surface area contributed by atoms with Gasteiger partial charge in [-0.15, -0.1) is 0 Å². The summed E-state index contributed by atoms with van der Waals surface area (Å²) in [6.07, 6.45) is 2.20. The number of carbonyl (C=O) groups excluding carboxylic acids is 2. The minimum atomic E-state index is -0.243. The molecular weight excluding hydrogens is 434 g/mol. The quantitative estimate of drug-likeness (QED) is 0.416. The van der Waals surface area contributed by atoms with Crippen molar-refractivity contribution in [3.05, 3.63) is 101 Å². The number of Topliss-reactive ketones (excluding diaryl/α,β-unsaturated/α-hetero) is 1. The van der Waals surface area contributed by atoms with Crippen molar-refractivity contribution in [2.75, 3.05) is 28.6 Å². The first-order valence-corrected chi connectivity index (χ1v) is 12.5. The van der Waals surface area contributed by atoms with Crippen LogP contribution in [-0.4, -0.2) is 24.7 Å². The molecule has 1 aliphatic carbocycles. The Hall–Kier alpha value is -3.86. The number of anilines is 3. The summed E-state index contributed by atoms with van der Waals surface area (Å²) in [7, 11) is 0. The van der Waals surface area contributed by atoms with Crippen LogP contribution in [0.1, 0.15) is 60.6 Å². The number of hydrogen-bond donors (Lipinski definition) is 2. The Morgan fingerprint density at radius 3 is 2.34 bits per heavy atom. The molecule has 0 saturated heterocycles. The van der Waals surface area contributed by atoms with Crippen molar-refractivity contribution >= 4 is 28.6 Å². The van der Waals surface area contributed by atoms with E-state index in [0.29, 0.717) is 17.5 Å². The molecule has 5 nitrogen and oxygen atoms in total. The van der Waals surface area contributed by atoms with E-state index < -0.39 is 0 Å². The molecule has 1 aliphatic heterocycles. The molecular formula is C30H31N3O2. The summed E-state index contributed by atoms with van der Waals surface area (Å²) >= 11 is 0. The van der Waals surface area contributed by atoms with Gasteiger partial charge in [-0.05, 0) is 62.6 Å². The Morgan fingerprint density at radius 1 is 0.886 bits per heavy atom. The summed E-state index contributed by atoms with van der Waals surface area (Å²) < 4.78 is 0. The fraction of sp³-hybridized carbons (Fsp3) is 0.267. The molecule has 1 atom stereocenters. The first-order chi connectivity index (χ1) is 17.1. The Kier molecular flexibility index (Phi) is 6.41. The van der Waals surface area contributed by atoms with Crippen LogP contribution in [0.4, 0.5) is 17.1 Å². The Morgan fingerprint density at radius 2 is 1.63 bits per heavy atom. The van der Waals surface area contributed by atoms with Crippen LogP contribution in [0.2, 0.25) is 0 Å². The third-order valence-corrected chi connectivity index (χ3v) is 7.00. The van der Waals surface area contributed by atoms with E-state index in [9.17, 15) is 9.59 Å². The minimum Gasteiger partial charge on any atom is -0.372 e. The molecule has 2 N–H and O–H groups in total. The second-order valence-electron chi connectivity index (χ2n) is 9.09. The summed E-state index contributed by atoms with van der Waals surface area (Å²) in [4.78, 5) is 28.5. The molecule has 3 aromatic rings. The topological polar surface area (TPSA) is 61.4 Å². The maximum absolute atomic E-state index is 13.1. The zero-order valence-electron chi connectivity index (χ0n) is 20.3. The molecule has 0 saturated carbocycles. The maximum Gasteiger partial charge on any atom is 0.193 e. The number of fused-ring (bicyclic) bond motifs is 1. The monoisotopic (exact) mass is 465 g/mol. The van der Waals surface area contributed by atoms with E-state index in [1.165, 1.54) is 5.69 Å². The molecule has 1 heterocycles. The highest BCUT2D eigenvalue weighted by Gasteiger charge is 2.32. The fourth-order valence-corrected chi connectivity index (χ4v) is 5.11. The summed E-state index contributed by atoms with van der Waals surface area (Å²) in [5.74, 6) is 0.161. The normalized spacial score (nSPS) is 17.0. The van der Waals surface area contributed by atoms with Gasteiger partial charge in [-0.2, -0.15) is 0 Å². The van der Waals surface area contributed by atoms with E-state index in [2.05, 4.69) is 53.6 Å². The van der Waals surface area contributed by atoms with Crippen LogP contribution in [0.3, 0.4) is 0 Å². The van der Waals surface area contributed by atoms with Crippen LogP contribution >= 0.6 is 0 Å². The maximum atomic E-state index is 13.1. The number of nitrogens with zero attached hydrogens (tertiary/aromatic N) is 1. The number of allylic oxidation sites excluding steroid dienone is 1. The van der Waals surface area contributed by atoms with Gasteiger partial charge in [0.15, 0.2) is 11.6 Å². The van der Waals surface area contributed by atoms with Gasteiger partial charge in [0, 0.05) is 47.6 Å². The number of nitrogens with one attached hydrogen (secondary N) is 2. The molecule has 35 heavy (non-hydrogen) atoms. The van der Waals surface area contributed by atoms with Crippen LogP contribution in [0.15, 0.2) is 84.1 Å². The Balaban J connectivity index is 1.53. The zero-order valence-corrected chi connectivity index (χ0v) is 20.3. The van der Waals surface area contributed by atoms with Crippen molar-refractivity contribution in [1.29, 1.82) is 0 Å². The summed E-state index contributed by atoms with van der Waals surface area (Å²) in [6.45, 7) is 6.21. The average Bonchev–Trinajstić information content (AvgIpc) is 3.07. The molecule has 0 bridgehead atoms. The number of ketones is 2. The van der Waals surface area contributed by atoms with Gasteiger partial charge in [-0.25, -0.2) is 0 Å². The van der Waals surface area contributed by atoms with E-state index in [0.717, 1.165) is 54.1 Å². The number of carbonyl (C=O) groups is 2. The van der Waals surface area contributed by atoms with Gasteiger partial charge in [-0.3, -0.25) is 9.59 Å². The number of benzene rings is 3. The van der Waals surface area contributed by atoms with Crippen molar-refractivity contribution in [3.63, 3.8) is 0 Å². The van der Waals surface area contributed by atoms with Gasteiger partial charge in [0.2, 0.25) is 0 Å². The molecule has 0 fully saturated rings. The Bertz CT molecular complexity index is 1270. The molecule has 3 aromatic carbocycles. The van der Waals surface area contributed by atoms with Crippen LogP contribution < -0.4 is 15.5 Å². The lowest BCUT2D eigenvalue weighted by Crippen LogP contribution is -2.24. The molecule has 0 amide bonds. The highest BCUT2D eigenvalue weighted by molar-refractivity contribution is 6.10. The van der Waals surface area contributed by atoms with Gasteiger partial charge in [0.1, 0.15) is 0 Å². The third kappa shape index (κ3) is 4.46. The number of rotatable bonds is 6. The summed E-state index contributed by atoms with van der Waals surface area (Å²) in [5, 5.41) is 7.14. The predicted octanol–water partition coefficient (Wildman–Crippen LogP) is 6.35. The Labute approximate surface area is 206 Å². The van der Waals surface area contributed by atoms with Crippen LogP contribution in [0, 0.1) is 0 Å². The smallest absolute Gasteiger partial charge is 0.193 e. The molecule has 0 radical (unpaired) electrons. The van der Waals surface area contributed by atoms with Gasteiger partial charge >= 0.3 is 0 Å². The van der Waals surface area contributed by atoms with Crippen LogP contribution in [-0.2, 0) is 4.79 Å². The van der Waals surface area contributed by atoms with E-state index >= 15 is 0 Å². The van der Waals surface area contributed by atoms with E-state index in [4.69, 9.17) is 0 Å². The lowest BCUT2D eigenvalue weighted by atomic mass is 9.86. The SMILES string of the molecule is CCN(CC)c1ccc(C2Nc3ccc(C(=O)c4ccccc4)cc3NC3=C2C(=O)CCC3)cc1. The largest absolute Gasteiger partial charge is 0.372 e. The molecule has 5 rings (SSSR count). The fourth-order valence-electron chi connectivity index (χ4n) is 5.11. The van der Waals surface area contributed by atoms with E-state index in [1.54, 1.807) is 0 Å². The highest BCUT2D eigenvalue weighted by Crippen LogP contribution is 2.41. The van der Waals surface area contributed by atoms with Crippen molar-refractivity contribution in [2.24, 2.45) is 0 Å². The average molecular weight is 466 g/mol. The molecule has 0 aromatic heterocycles. The van der Waals surface area contributed by atoms with Gasteiger partial charge in [-0.1, -0.05) is 42.5 Å². The lowest BCUT2D eigenvalue weighted by molar-refractivity contribution is -0.116. The van der Waals surface area contributed by atoms with Crippen molar-refractivity contribution in [2.45, 2.75) is 39.2 Å². The second-order valence-corrected chi connectivity index (χ2v) is 9.09. The van der Waals surface area contributed by atoms with Crippen LogP contribution in [0.5, 0.6) is 0 Å². The standard InChI is InChI=1S/C30H31N3O2/c1-3-33(4-2)23-16-13-20(14-17-23)29-28-25(11-8-12-27(28)34)31-26-19-22(15-18-24(26)32-29)30(35)21-9-6-5-7-10-21/h5-7,9-10,13-19,29,31-32H,3-4,8,11-12H2,1-2H3. The zero-order chi connectivity index (χ0) is 24.4. The van der Waals surface area contributed by atoms with Crippen molar-refractivity contribution in [1.82, 2.24) is 0 Å². The first-order valence-electron chi connectivity index (χ1n) is 12.5.